The largest absolute Gasteiger partial charge is 0.462 e. The molecule has 6 nitrogen and oxygen atoms in total. The van der Waals surface area contributed by atoms with Gasteiger partial charge in [-0.2, -0.15) is 15.6 Å². The fourth-order valence-corrected chi connectivity index (χ4v) is 5.26. The highest BCUT2D eigenvalue weighted by molar-refractivity contribution is 6.10. The molecule has 1 spiro atoms. The lowest BCUT2D eigenvalue weighted by molar-refractivity contribution is -0.138. The van der Waals surface area contributed by atoms with Crippen molar-refractivity contribution in [2.45, 2.75) is 37.6 Å². The maximum Gasteiger partial charge on any atom is 0.339 e. The van der Waals surface area contributed by atoms with Crippen molar-refractivity contribution >= 4 is 12.2 Å². The van der Waals surface area contributed by atoms with Gasteiger partial charge in [0.05, 0.1) is 41.5 Å². The minimum absolute atomic E-state index is 0.205. The summed E-state index contributed by atoms with van der Waals surface area (Å²) in [5, 5.41) is 26.3. The van der Waals surface area contributed by atoms with Gasteiger partial charge in [0.15, 0.2) is 5.70 Å². The molecule has 2 aliphatic heterocycles. The predicted molar refractivity (Wildman–Crippen MR) is 124 cm³/mol. The Morgan fingerprint density at radius 2 is 1.73 bits per heavy atom. The van der Waals surface area contributed by atoms with Crippen molar-refractivity contribution in [2.24, 2.45) is 5.10 Å². The number of nitriles is 2. The number of carbonyl (C=O) groups is 1. The van der Waals surface area contributed by atoms with Gasteiger partial charge in [-0.25, -0.2) is 9.80 Å². The zero-order valence-electron chi connectivity index (χ0n) is 18.3. The van der Waals surface area contributed by atoms with Gasteiger partial charge in [0.25, 0.3) is 0 Å². The Hall–Kier alpha value is -4.16. The maximum atomic E-state index is 12.8. The van der Waals surface area contributed by atoms with E-state index in [2.05, 4.69) is 24.2 Å². The lowest BCUT2D eigenvalue weighted by Crippen LogP contribution is -2.43. The number of hydrogen-bond acceptors (Lipinski definition) is 6. The van der Waals surface area contributed by atoms with Crippen molar-refractivity contribution in [2.75, 3.05) is 6.61 Å². The molecule has 1 unspecified atom stereocenters. The van der Waals surface area contributed by atoms with Crippen LogP contribution in [0.15, 0.2) is 76.6 Å². The first-order valence-electron chi connectivity index (χ1n) is 11.1. The molecular formula is C27H22N4O2. The molecule has 3 aliphatic rings. The van der Waals surface area contributed by atoms with E-state index in [0.717, 1.165) is 41.5 Å². The average molecular weight is 434 g/mol. The van der Waals surface area contributed by atoms with Gasteiger partial charge < -0.3 is 4.74 Å². The number of rotatable bonds is 5. The molecule has 2 aromatic rings. The summed E-state index contributed by atoms with van der Waals surface area (Å²) in [6, 6.07) is 19.9. The zero-order valence-corrected chi connectivity index (χ0v) is 18.3. The summed E-state index contributed by atoms with van der Waals surface area (Å²) in [5.74, 6) is -0.437. The first kappa shape index (κ1) is 20.7. The number of allylic oxidation sites excluding steroid dienone is 1. The number of hydrogen-bond donors (Lipinski definition) is 0. The molecule has 0 fully saturated rings. The molecule has 0 N–H and O–H groups in total. The Bertz CT molecular complexity index is 1280. The number of hydrazone groups is 1. The van der Waals surface area contributed by atoms with Crippen molar-refractivity contribution in [1.29, 1.82) is 10.5 Å². The lowest BCUT2D eigenvalue weighted by atomic mass is 9.68. The zero-order chi connectivity index (χ0) is 23.0. The fraction of sp³-hybridized carbons (Fsp3) is 0.259. The number of fused-ring (bicyclic) bond motifs is 7. The van der Waals surface area contributed by atoms with Gasteiger partial charge in [0, 0.05) is 0 Å². The second-order valence-electron chi connectivity index (χ2n) is 8.35. The highest BCUT2D eigenvalue weighted by atomic mass is 16.5. The third kappa shape index (κ3) is 2.84. The molecule has 162 valence electrons. The van der Waals surface area contributed by atoms with Crippen LogP contribution in [0.25, 0.3) is 11.1 Å². The van der Waals surface area contributed by atoms with Gasteiger partial charge in [-0.05, 0) is 34.8 Å². The summed E-state index contributed by atoms with van der Waals surface area (Å²) in [4.78, 5) is 12.8. The second kappa shape index (κ2) is 8.07. The van der Waals surface area contributed by atoms with Gasteiger partial charge >= 0.3 is 5.97 Å². The second-order valence-corrected chi connectivity index (χ2v) is 8.35. The molecule has 0 amide bonds. The molecule has 0 saturated heterocycles. The Labute approximate surface area is 192 Å². The topological polar surface area (TPSA) is 89.5 Å². The molecule has 0 saturated carbocycles. The van der Waals surface area contributed by atoms with E-state index in [9.17, 15) is 15.3 Å². The standard InChI is InChI=1S/C27H22N4O2/c1-2-3-8-13-33-26(32)18-14-25-27(23(15-28)24(16-29)31(25)30-17-18)21-11-6-4-9-19(21)20-10-5-7-12-22(20)27/h4-7,9-12,14,17,25H,2-3,8,13H2,1H3. The molecule has 0 bridgehead atoms. The summed E-state index contributed by atoms with van der Waals surface area (Å²) in [5.41, 5.74) is 3.87. The Balaban J connectivity index is 1.68. The van der Waals surface area contributed by atoms with Crippen molar-refractivity contribution in [3.63, 3.8) is 0 Å². The van der Waals surface area contributed by atoms with Crippen molar-refractivity contribution in [3.8, 4) is 23.3 Å². The van der Waals surface area contributed by atoms with Gasteiger partial charge in [-0.15, -0.1) is 0 Å². The molecule has 0 aromatic heterocycles. The highest BCUT2D eigenvalue weighted by Gasteiger charge is 2.60. The normalized spacial score (nSPS) is 18.8. The summed E-state index contributed by atoms with van der Waals surface area (Å²) >= 11 is 0. The number of carbonyl (C=O) groups excluding carboxylic acids is 1. The average Bonchev–Trinajstić information content (AvgIpc) is 3.32. The van der Waals surface area contributed by atoms with E-state index in [0.29, 0.717) is 17.8 Å². The van der Waals surface area contributed by atoms with Crippen LogP contribution in [0.4, 0.5) is 0 Å². The van der Waals surface area contributed by atoms with Crippen molar-refractivity contribution in [1.82, 2.24) is 5.01 Å². The summed E-state index contributed by atoms with van der Waals surface area (Å²) in [6.07, 6.45) is 6.08. The molecule has 2 heterocycles. The number of ether oxygens (including phenoxy) is 1. The van der Waals surface area contributed by atoms with Crippen LogP contribution in [0.2, 0.25) is 0 Å². The Kier molecular flexibility index (Phi) is 5.07. The first-order chi connectivity index (χ1) is 16.2. The first-order valence-corrected chi connectivity index (χ1v) is 11.1. The van der Waals surface area contributed by atoms with Crippen LogP contribution in [0.5, 0.6) is 0 Å². The molecule has 5 rings (SSSR count). The van der Waals surface area contributed by atoms with E-state index >= 15 is 0 Å². The van der Waals surface area contributed by atoms with E-state index in [-0.39, 0.29) is 5.70 Å². The number of unbranched alkanes of at least 4 members (excludes halogenated alkanes) is 2. The van der Waals surface area contributed by atoms with E-state index in [1.807, 2.05) is 48.5 Å². The third-order valence-electron chi connectivity index (χ3n) is 6.65. The van der Waals surface area contributed by atoms with Crippen molar-refractivity contribution in [3.05, 3.63) is 82.6 Å². The molecule has 6 heteroatoms. The SMILES string of the molecule is CCCCCOC(=O)C1=CC2N(N=C1)C(C#N)=C(C#N)C21c2ccccc2-c2ccccc21. The smallest absolute Gasteiger partial charge is 0.339 e. The third-order valence-corrected chi connectivity index (χ3v) is 6.65. The van der Waals surface area contributed by atoms with Crippen LogP contribution >= 0.6 is 0 Å². The van der Waals surface area contributed by atoms with Crippen molar-refractivity contribution < 1.29 is 9.53 Å². The van der Waals surface area contributed by atoms with Crippen LogP contribution in [-0.2, 0) is 14.9 Å². The summed E-state index contributed by atoms with van der Waals surface area (Å²) in [6.45, 7) is 2.45. The molecular weight excluding hydrogens is 412 g/mol. The lowest BCUT2D eigenvalue weighted by Gasteiger charge is -2.36. The number of esters is 1. The predicted octanol–water partition coefficient (Wildman–Crippen LogP) is 4.60. The Morgan fingerprint density at radius 3 is 2.33 bits per heavy atom. The highest BCUT2D eigenvalue weighted by Crippen LogP contribution is 2.60. The summed E-state index contributed by atoms with van der Waals surface area (Å²) < 4.78 is 5.47. The molecule has 2 aromatic carbocycles. The van der Waals surface area contributed by atoms with E-state index in [4.69, 9.17) is 4.74 Å². The minimum Gasteiger partial charge on any atom is -0.462 e. The van der Waals surface area contributed by atoms with Gasteiger partial charge in [0.2, 0.25) is 0 Å². The van der Waals surface area contributed by atoms with Crippen LogP contribution < -0.4 is 0 Å². The fourth-order valence-electron chi connectivity index (χ4n) is 5.26. The monoisotopic (exact) mass is 434 g/mol. The van der Waals surface area contributed by atoms with Gasteiger partial charge in [-0.1, -0.05) is 68.3 Å². The van der Waals surface area contributed by atoms with Crippen LogP contribution in [0, 0.1) is 22.7 Å². The van der Waals surface area contributed by atoms with Crippen LogP contribution in [0.3, 0.4) is 0 Å². The number of benzene rings is 2. The maximum absolute atomic E-state index is 12.8. The van der Waals surface area contributed by atoms with Crippen LogP contribution in [-0.4, -0.2) is 29.8 Å². The molecule has 33 heavy (non-hydrogen) atoms. The molecule has 1 aliphatic carbocycles. The van der Waals surface area contributed by atoms with E-state index in [1.54, 1.807) is 11.1 Å². The van der Waals surface area contributed by atoms with E-state index < -0.39 is 17.4 Å². The quantitative estimate of drug-likeness (QED) is 0.507. The summed E-state index contributed by atoms with van der Waals surface area (Å²) in [7, 11) is 0. The minimum atomic E-state index is -0.932. The van der Waals surface area contributed by atoms with Crippen LogP contribution in [0.1, 0.15) is 37.3 Å². The van der Waals surface area contributed by atoms with Gasteiger partial charge in [0.1, 0.15) is 6.07 Å². The Morgan fingerprint density at radius 1 is 1.06 bits per heavy atom. The van der Waals surface area contributed by atoms with Gasteiger partial charge in [-0.3, -0.25) is 0 Å². The van der Waals surface area contributed by atoms with E-state index in [1.165, 1.54) is 6.21 Å². The molecule has 0 radical (unpaired) electrons. The number of nitrogens with zero attached hydrogens (tertiary/aromatic N) is 4. The molecule has 1 atom stereocenters.